The lowest BCUT2D eigenvalue weighted by Crippen LogP contribution is -2.30. The first-order chi connectivity index (χ1) is 25.0. The van der Waals surface area contributed by atoms with E-state index >= 15 is 0 Å². The molecule has 0 radical (unpaired) electrons. The monoisotopic (exact) mass is 720 g/mol. The fourth-order valence-electron chi connectivity index (χ4n) is 6.08. The highest BCUT2D eigenvalue weighted by Crippen LogP contribution is 2.13. The van der Waals surface area contributed by atoms with E-state index < -0.39 is 6.10 Å². The third-order valence-corrected chi connectivity index (χ3v) is 9.43. The standard InChI is InChI=1S/C45H82O6/c1-4-7-10-12-14-16-18-20-22-24-26-28-30-32-35-37-43(46)49-40-42(51-45(48)39-34-9-6-3)41-50-44(47)38-36-33-31-29-27-25-23-21-19-17-15-13-11-8-5-2/h20-23,42H,4-19,24-41H2,1-3H3/b22-20-,23-21-/i45+1. The molecule has 0 aliphatic carbocycles. The van der Waals surface area contributed by atoms with Crippen molar-refractivity contribution in [3.63, 3.8) is 0 Å². The SMILES string of the molecule is CCCCCCCC/C=C\CCCCCCCC(=O)OCC(COC(=O)CCCCCCC/C=C\CCCCCCCC)O[13C](=O)CCCCC. The van der Waals surface area contributed by atoms with Crippen molar-refractivity contribution in [1.82, 2.24) is 0 Å². The van der Waals surface area contributed by atoms with Gasteiger partial charge in [-0.3, -0.25) is 14.4 Å². The number of rotatable bonds is 39. The summed E-state index contributed by atoms with van der Waals surface area (Å²) in [5.41, 5.74) is 0. The van der Waals surface area contributed by atoms with Crippen molar-refractivity contribution in [1.29, 1.82) is 0 Å². The Morgan fingerprint density at radius 3 is 1.02 bits per heavy atom. The second-order valence-corrected chi connectivity index (χ2v) is 14.6. The van der Waals surface area contributed by atoms with Gasteiger partial charge in [0.2, 0.25) is 0 Å². The van der Waals surface area contributed by atoms with Crippen molar-refractivity contribution < 1.29 is 28.6 Å². The summed E-state index contributed by atoms with van der Waals surface area (Å²) >= 11 is 0. The molecule has 6 heteroatoms. The molecule has 0 saturated carbocycles. The minimum Gasteiger partial charge on any atom is -0.462 e. The summed E-state index contributed by atoms with van der Waals surface area (Å²) in [7, 11) is 0. The van der Waals surface area contributed by atoms with Gasteiger partial charge in [0.15, 0.2) is 6.10 Å². The Bertz CT molecular complexity index is 779. The van der Waals surface area contributed by atoms with Crippen LogP contribution in [0, 0.1) is 0 Å². The van der Waals surface area contributed by atoms with Crippen molar-refractivity contribution in [3.8, 4) is 0 Å². The van der Waals surface area contributed by atoms with Crippen LogP contribution in [0.25, 0.3) is 0 Å². The first-order valence-corrected chi connectivity index (χ1v) is 21.8. The smallest absolute Gasteiger partial charge is 0.306 e. The fraction of sp³-hybridized carbons (Fsp3) is 0.844. The van der Waals surface area contributed by atoms with Crippen molar-refractivity contribution >= 4 is 17.9 Å². The predicted octanol–water partition coefficient (Wildman–Crippen LogP) is 13.6. The zero-order valence-electron chi connectivity index (χ0n) is 33.9. The number of hydrogen-bond donors (Lipinski definition) is 0. The highest BCUT2D eigenvalue weighted by atomic mass is 16.7. The highest BCUT2D eigenvalue weighted by Gasteiger charge is 2.19. The molecule has 6 nitrogen and oxygen atoms in total. The second-order valence-electron chi connectivity index (χ2n) is 14.6. The maximum atomic E-state index is 12.4. The summed E-state index contributed by atoms with van der Waals surface area (Å²) in [5, 5.41) is 0. The van der Waals surface area contributed by atoms with Crippen LogP contribution in [-0.2, 0) is 28.6 Å². The van der Waals surface area contributed by atoms with Gasteiger partial charge in [0.05, 0.1) is 0 Å². The van der Waals surface area contributed by atoms with Gasteiger partial charge in [0.1, 0.15) is 13.2 Å². The summed E-state index contributed by atoms with van der Waals surface area (Å²) in [6, 6.07) is 0. The van der Waals surface area contributed by atoms with Crippen LogP contribution < -0.4 is 0 Å². The number of ether oxygens (including phenoxy) is 3. The average molecular weight is 720 g/mol. The van der Waals surface area contributed by atoms with E-state index in [1.807, 2.05) is 0 Å². The molecule has 0 aromatic carbocycles. The van der Waals surface area contributed by atoms with E-state index in [1.165, 1.54) is 116 Å². The number of carbonyl (C=O) groups excluding carboxylic acids is 3. The Balaban J connectivity index is 4.08. The molecule has 0 amide bonds. The Labute approximate surface area is 315 Å². The Morgan fingerprint density at radius 1 is 0.373 bits per heavy atom. The molecule has 0 atom stereocenters. The van der Waals surface area contributed by atoms with E-state index in [1.54, 1.807) is 0 Å². The molecule has 0 bridgehead atoms. The van der Waals surface area contributed by atoms with E-state index in [9.17, 15) is 14.4 Å². The van der Waals surface area contributed by atoms with Gasteiger partial charge in [-0.2, -0.15) is 0 Å². The van der Waals surface area contributed by atoms with Crippen molar-refractivity contribution in [2.75, 3.05) is 13.2 Å². The molecule has 0 spiro atoms. The van der Waals surface area contributed by atoms with Crippen LogP contribution in [0.3, 0.4) is 0 Å². The van der Waals surface area contributed by atoms with Gasteiger partial charge in [0, 0.05) is 19.3 Å². The minimum atomic E-state index is -0.768. The molecule has 0 N–H and O–H groups in total. The van der Waals surface area contributed by atoms with E-state index in [4.69, 9.17) is 14.2 Å². The van der Waals surface area contributed by atoms with E-state index in [2.05, 4.69) is 45.1 Å². The van der Waals surface area contributed by atoms with Crippen LogP contribution in [0.5, 0.6) is 0 Å². The quantitative estimate of drug-likeness (QED) is 0.0207. The molecule has 0 aliphatic heterocycles. The molecule has 0 fully saturated rings. The van der Waals surface area contributed by atoms with Gasteiger partial charge in [-0.15, -0.1) is 0 Å². The van der Waals surface area contributed by atoms with Crippen LogP contribution in [-0.4, -0.2) is 37.2 Å². The number of hydrogen-bond acceptors (Lipinski definition) is 6. The van der Waals surface area contributed by atoms with Gasteiger partial charge < -0.3 is 14.2 Å². The molecule has 0 rings (SSSR count). The third kappa shape index (κ3) is 38.9. The lowest BCUT2D eigenvalue weighted by molar-refractivity contribution is -0.167. The molecule has 0 saturated heterocycles. The number of esters is 3. The lowest BCUT2D eigenvalue weighted by Gasteiger charge is -2.18. The van der Waals surface area contributed by atoms with E-state index in [0.717, 1.165) is 70.6 Å². The normalized spacial score (nSPS) is 11.6. The molecule has 0 aromatic heterocycles. The molecule has 0 unspecified atom stereocenters. The van der Waals surface area contributed by atoms with Gasteiger partial charge >= 0.3 is 17.9 Å². The van der Waals surface area contributed by atoms with Gasteiger partial charge in [-0.1, -0.05) is 161 Å². The van der Waals surface area contributed by atoms with Gasteiger partial charge in [-0.05, 0) is 70.6 Å². The Hall–Kier alpha value is -2.11. The minimum absolute atomic E-state index is 0.0793. The highest BCUT2D eigenvalue weighted by molar-refractivity contribution is 5.71. The molecule has 0 heterocycles. The molecule has 51 heavy (non-hydrogen) atoms. The topological polar surface area (TPSA) is 78.9 Å². The van der Waals surface area contributed by atoms with Gasteiger partial charge in [0.25, 0.3) is 0 Å². The van der Waals surface area contributed by atoms with Crippen LogP contribution in [0.15, 0.2) is 24.3 Å². The van der Waals surface area contributed by atoms with Crippen LogP contribution in [0.4, 0.5) is 0 Å². The first-order valence-electron chi connectivity index (χ1n) is 21.8. The number of allylic oxidation sites excluding steroid dienone is 4. The zero-order valence-corrected chi connectivity index (χ0v) is 33.9. The number of carbonyl (C=O) groups is 3. The molecular formula is C45H82O6. The molecule has 0 aromatic rings. The maximum Gasteiger partial charge on any atom is 0.306 e. The molecule has 298 valence electrons. The van der Waals surface area contributed by atoms with Crippen molar-refractivity contribution in [3.05, 3.63) is 24.3 Å². The summed E-state index contributed by atoms with van der Waals surface area (Å²) in [5.74, 6) is -0.923. The lowest BCUT2D eigenvalue weighted by atomic mass is 10.1. The van der Waals surface area contributed by atoms with Crippen molar-refractivity contribution in [2.24, 2.45) is 0 Å². The van der Waals surface area contributed by atoms with Gasteiger partial charge in [-0.25, -0.2) is 0 Å². The van der Waals surface area contributed by atoms with Crippen LogP contribution in [0.1, 0.15) is 226 Å². The Kier molecular flexibility index (Phi) is 39.0. The fourth-order valence-corrected chi connectivity index (χ4v) is 6.08. The van der Waals surface area contributed by atoms with E-state index in [0.29, 0.717) is 19.3 Å². The van der Waals surface area contributed by atoms with Crippen molar-refractivity contribution in [2.45, 2.75) is 232 Å². The molecular weight excluding hydrogens is 637 g/mol. The Morgan fingerprint density at radius 2 is 0.647 bits per heavy atom. The predicted molar refractivity (Wildman–Crippen MR) is 215 cm³/mol. The summed E-state index contributed by atoms with van der Waals surface area (Å²) in [6.07, 6.45) is 43.7. The second kappa shape index (κ2) is 40.7. The number of unbranched alkanes of at least 4 members (excludes halogenated alkanes) is 24. The third-order valence-electron chi connectivity index (χ3n) is 9.43. The summed E-state index contributed by atoms with van der Waals surface area (Å²) in [6.45, 7) is 6.44. The van der Waals surface area contributed by atoms with Crippen LogP contribution in [0.2, 0.25) is 0 Å². The maximum absolute atomic E-state index is 12.4. The average Bonchev–Trinajstić information content (AvgIpc) is 3.12. The molecule has 0 aliphatic rings. The zero-order chi connectivity index (χ0) is 37.3. The summed E-state index contributed by atoms with van der Waals surface area (Å²) < 4.78 is 16.5. The van der Waals surface area contributed by atoms with Crippen LogP contribution >= 0.6 is 0 Å². The summed E-state index contributed by atoms with van der Waals surface area (Å²) in [4.78, 5) is 37.2. The largest absolute Gasteiger partial charge is 0.462 e. The first kappa shape index (κ1) is 48.9. The van der Waals surface area contributed by atoms with E-state index in [-0.39, 0.29) is 31.1 Å².